The molecule has 0 aliphatic rings. The lowest BCUT2D eigenvalue weighted by atomic mass is 10.1. The highest BCUT2D eigenvalue weighted by atomic mass is 32.1. The van der Waals surface area contributed by atoms with Gasteiger partial charge < -0.3 is 5.32 Å². The summed E-state index contributed by atoms with van der Waals surface area (Å²) in [5.41, 5.74) is 1.72. The highest BCUT2D eigenvalue weighted by Crippen LogP contribution is 2.21. The average molecular weight is 292 g/mol. The predicted octanol–water partition coefficient (Wildman–Crippen LogP) is 3.32. The molecular formula is C15H17FN2OS. The van der Waals surface area contributed by atoms with E-state index in [4.69, 9.17) is 0 Å². The standard InChI is InChI=1S/C15H17FN2OS/c1-9(2)17-15(19)14-10(3)18-13(20-14)8-11-4-6-12(16)7-5-11/h4-7,9H,8H2,1-3H3,(H,17,19). The topological polar surface area (TPSA) is 42.0 Å². The SMILES string of the molecule is Cc1nc(Cc2ccc(F)cc2)sc1C(=O)NC(C)C. The molecule has 5 heteroatoms. The van der Waals surface area contributed by atoms with E-state index in [1.807, 2.05) is 20.8 Å². The Balaban J connectivity index is 2.14. The van der Waals surface area contributed by atoms with E-state index in [1.165, 1.54) is 23.5 Å². The van der Waals surface area contributed by atoms with Gasteiger partial charge in [-0.15, -0.1) is 11.3 Å². The molecule has 106 valence electrons. The van der Waals surface area contributed by atoms with Crippen LogP contribution in [0.4, 0.5) is 4.39 Å². The van der Waals surface area contributed by atoms with Gasteiger partial charge in [0.15, 0.2) is 0 Å². The second-order valence-corrected chi connectivity index (χ2v) is 6.04. The van der Waals surface area contributed by atoms with Crippen molar-refractivity contribution < 1.29 is 9.18 Å². The maximum absolute atomic E-state index is 12.9. The fourth-order valence-electron chi connectivity index (χ4n) is 1.84. The Labute approximate surface area is 121 Å². The van der Waals surface area contributed by atoms with Crippen molar-refractivity contribution in [3.05, 3.63) is 51.2 Å². The maximum atomic E-state index is 12.9. The lowest BCUT2D eigenvalue weighted by molar-refractivity contribution is 0.0946. The second kappa shape index (κ2) is 6.13. The van der Waals surface area contributed by atoms with Crippen LogP contribution in [0.15, 0.2) is 24.3 Å². The zero-order valence-electron chi connectivity index (χ0n) is 11.7. The minimum atomic E-state index is -0.249. The Morgan fingerprint density at radius 2 is 2.00 bits per heavy atom. The number of benzene rings is 1. The van der Waals surface area contributed by atoms with Crippen molar-refractivity contribution in [1.29, 1.82) is 0 Å². The van der Waals surface area contributed by atoms with Crippen molar-refractivity contribution >= 4 is 17.2 Å². The molecule has 1 heterocycles. The average Bonchev–Trinajstić information content (AvgIpc) is 2.72. The highest BCUT2D eigenvalue weighted by molar-refractivity contribution is 7.13. The number of hydrogen-bond donors (Lipinski definition) is 1. The van der Waals surface area contributed by atoms with E-state index in [9.17, 15) is 9.18 Å². The second-order valence-electron chi connectivity index (χ2n) is 4.95. The summed E-state index contributed by atoms with van der Waals surface area (Å²) < 4.78 is 12.9. The molecule has 0 unspecified atom stereocenters. The number of aryl methyl sites for hydroxylation is 1. The molecule has 0 spiro atoms. The number of nitrogens with one attached hydrogen (secondary N) is 1. The molecule has 2 rings (SSSR count). The third kappa shape index (κ3) is 3.63. The number of hydrogen-bond acceptors (Lipinski definition) is 3. The molecule has 0 aliphatic carbocycles. The third-order valence-corrected chi connectivity index (χ3v) is 3.89. The van der Waals surface area contributed by atoms with Crippen LogP contribution in [0.5, 0.6) is 0 Å². The molecule has 0 aliphatic heterocycles. The minimum Gasteiger partial charge on any atom is -0.349 e. The van der Waals surface area contributed by atoms with Gasteiger partial charge in [0.05, 0.1) is 10.7 Å². The van der Waals surface area contributed by atoms with Crippen molar-refractivity contribution in [2.24, 2.45) is 0 Å². The predicted molar refractivity (Wildman–Crippen MR) is 78.7 cm³/mol. The Bertz CT molecular complexity index is 605. The van der Waals surface area contributed by atoms with Gasteiger partial charge in [0.2, 0.25) is 0 Å². The van der Waals surface area contributed by atoms with Crippen molar-refractivity contribution in [2.75, 3.05) is 0 Å². The van der Waals surface area contributed by atoms with E-state index < -0.39 is 0 Å². The first-order valence-electron chi connectivity index (χ1n) is 6.47. The number of carbonyl (C=O) groups is 1. The first kappa shape index (κ1) is 14.7. The summed E-state index contributed by atoms with van der Waals surface area (Å²) in [5, 5.41) is 3.73. The molecule has 1 aromatic carbocycles. The van der Waals surface area contributed by atoms with Crippen LogP contribution in [0.25, 0.3) is 0 Å². The van der Waals surface area contributed by atoms with E-state index in [0.717, 1.165) is 16.3 Å². The molecule has 0 saturated carbocycles. The van der Waals surface area contributed by atoms with Gasteiger partial charge in [0.1, 0.15) is 10.7 Å². The van der Waals surface area contributed by atoms with Gasteiger partial charge in [0, 0.05) is 12.5 Å². The summed E-state index contributed by atoms with van der Waals surface area (Å²) in [5.74, 6) is -0.332. The van der Waals surface area contributed by atoms with Gasteiger partial charge in [-0.3, -0.25) is 4.79 Å². The Kier molecular flexibility index (Phi) is 4.49. The number of carbonyl (C=O) groups excluding carboxylic acids is 1. The van der Waals surface area contributed by atoms with Crippen LogP contribution in [0.2, 0.25) is 0 Å². The summed E-state index contributed by atoms with van der Waals surface area (Å²) in [7, 11) is 0. The molecular weight excluding hydrogens is 275 g/mol. The lowest BCUT2D eigenvalue weighted by Crippen LogP contribution is -2.29. The molecule has 0 fully saturated rings. The number of amides is 1. The smallest absolute Gasteiger partial charge is 0.263 e. The van der Waals surface area contributed by atoms with Crippen molar-refractivity contribution in [3.63, 3.8) is 0 Å². The van der Waals surface area contributed by atoms with Crippen LogP contribution in [0.1, 0.15) is 39.8 Å². The molecule has 2 aromatic rings. The summed E-state index contributed by atoms with van der Waals surface area (Å²) >= 11 is 1.39. The number of thiazole rings is 1. The van der Waals surface area contributed by atoms with Crippen molar-refractivity contribution in [1.82, 2.24) is 10.3 Å². The summed E-state index contributed by atoms with van der Waals surface area (Å²) in [4.78, 5) is 17.1. The van der Waals surface area contributed by atoms with Crippen LogP contribution >= 0.6 is 11.3 Å². The fraction of sp³-hybridized carbons (Fsp3) is 0.333. The molecule has 1 amide bonds. The quantitative estimate of drug-likeness (QED) is 0.939. The Morgan fingerprint density at radius 3 is 2.60 bits per heavy atom. The van der Waals surface area contributed by atoms with Gasteiger partial charge >= 0.3 is 0 Å². The molecule has 0 saturated heterocycles. The van der Waals surface area contributed by atoms with E-state index in [1.54, 1.807) is 12.1 Å². The summed E-state index contributed by atoms with van der Waals surface area (Å²) in [6, 6.07) is 6.44. The first-order chi connectivity index (χ1) is 9.45. The van der Waals surface area contributed by atoms with E-state index in [0.29, 0.717) is 11.3 Å². The van der Waals surface area contributed by atoms with Crippen LogP contribution in [-0.2, 0) is 6.42 Å². The van der Waals surface area contributed by atoms with Gasteiger partial charge in [-0.05, 0) is 38.5 Å². The van der Waals surface area contributed by atoms with E-state index in [-0.39, 0.29) is 17.8 Å². The largest absolute Gasteiger partial charge is 0.349 e. The van der Waals surface area contributed by atoms with E-state index >= 15 is 0 Å². The fourth-order valence-corrected chi connectivity index (χ4v) is 2.85. The zero-order valence-corrected chi connectivity index (χ0v) is 12.6. The van der Waals surface area contributed by atoms with Gasteiger partial charge in [-0.2, -0.15) is 0 Å². The van der Waals surface area contributed by atoms with Crippen molar-refractivity contribution in [3.8, 4) is 0 Å². The summed E-state index contributed by atoms with van der Waals surface area (Å²) in [6.07, 6.45) is 0.612. The van der Waals surface area contributed by atoms with Crippen LogP contribution < -0.4 is 5.32 Å². The lowest BCUT2D eigenvalue weighted by Gasteiger charge is -2.06. The zero-order chi connectivity index (χ0) is 14.7. The normalized spacial score (nSPS) is 10.8. The Hall–Kier alpha value is -1.75. The van der Waals surface area contributed by atoms with Crippen LogP contribution in [0.3, 0.4) is 0 Å². The monoisotopic (exact) mass is 292 g/mol. The van der Waals surface area contributed by atoms with E-state index in [2.05, 4.69) is 10.3 Å². The van der Waals surface area contributed by atoms with Crippen LogP contribution in [0, 0.1) is 12.7 Å². The van der Waals surface area contributed by atoms with Crippen molar-refractivity contribution in [2.45, 2.75) is 33.2 Å². The molecule has 1 N–H and O–H groups in total. The van der Waals surface area contributed by atoms with Gasteiger partial charge in [0.25, 0.3) is 5.91 Å². The molecule has 20 heavy (non-hydrogen) atoms. The number of nitrogens with zero attached hydrogens (tertiary/aromatic N) is 1. The number of rotatable bonds is 4. The third-order valence-electron chi connectivity index (χ3n) is 2.74. The molecule has 0 atom stereocenters. The van der Waals surface area contributed by atoms with Gasteiger partial charge in [-0.1, -0.05) is 12.1 Å². The number of halogens is 1. The molecule has 1 aromatic heterocycles. The summed E-state index contributed by atoms with van der Waals surface area (Å²) in [6.45, 7) is 5.68. The Morgan fingerprint density at radius 1 is 1.35 bits per heavy atom. The first-order valence-corrected chi connectivity index (χ1v) is 7.29. The molecule has 0 radical (unpaired) electrons. The molecule has 3 nitrogen and oxygen atoms in total. The van der Waals surface area contributed by atoms with Gasteiger partial charge in [-0.25, -0.2) is 9.37 Å². The van der Waals surface area contributed by atoms with Crippen LogP contribution in [-0.4, -0.2) is 16.9 Å². The number of aromatic nitrogens is 1. The maximum Gasteiger partial charge on any atom is 0.263 e. The molecule has 0 bridgehead atoms. The minimum absolute atomic E-state index is 0.0830. The highest BCUT2D eigenvalue weighted by Gasteiger charge is 2.16.